The number of hydrogen-bond acceptors (Lipinski definition) is 5. The Morgan fingerprint density at radius 3 is 2.95 bits per heavy atom. The van der Waals surface area contributed by atoms with Crippen LogP contribution in [0.5, 0.6) is 0 Å². The maximum absolute atomic E-state index is 12.4. The number of aromatic nitrogens is 2. The summed E-state index contributed by atoms with van der Waals surface area (Å²) in [6.07, 6.45) is 0.578. The van der Waals surface area contributed by atoms with Gasteiger partial charge in [-0.1, -0.05) is 0 Å². The summed E-state index contributed by atoms with van der Waals surface area (Å²) >= 11 is 1.31. The van der Waals surface area contributed by atoms with Gasteiger partial charge in [0.05, 0.1) is 5.52 Å². The maximum Gasteiger partial charge on any atom is 0.272 e. The number of amides is 2. The van der Waals surface area contributed by atoms with Gasteiger partial charge < -0.3 is 0 Å². The average Bonchev–Trinajstić information content (AvgIpc) is 2.80. The molecule has 7 heteroatoms. The third-order valence-corrected chi connectivity index (χ3v) is 4.10. The van der Waals surface area contributed by atoms with Crippen molar-refractivity contribution >= 4 is 33.4 Å². The predicted molar refractivity (Wildman–Crippen MR) is 70.0 cm³/mol. The van der Waals surface area contributed by atoms with E-state index >= 15 is 0 Å². The highest BCUT2D eigenvalue weighted by Crippen LogP contribution is 2.21. The number of carbonyl (C=O) groups is 2. The van der Waals surface area contributed by atoms with Gasteiger partial charge in [0.1, 0.15) is 16.6 Å². The lowest BCUT2D eigenvalue weighted by Crippen LogP contribution is -2.45. The molecule has 1 unspecified atom stereocenters. The minimum absolute atomic E-state index is 0.216. The van der Waals surface area contributed by atoms with Crippen molar-refractivity contribution in [3.63, 3.8) is 0 Å². The molecule has 3 heterocycles. The van der Waals surface area contributed by atoms with E-state index in [-0.39, 0.29) is 17.9 Å². The highest BCUT2D eigenvalue weighted by atomic mass is 32.1. The van der Waals surface area contributed by atoms with Crippen molar-refractivity contribution in [2.24, 2.45) is 0 Å². The molecular formula is C12H11N3O3S. The van der Waals surface area contributed by atoms with Crippen molar-refractivity contribution in [1.82, 2.24) is 14.9 Å². The van der Waals surface area contributed by atoms with E-state index in [0.29, 0.717) is 22.5 Å². The molecule has 2 aromatic rings. The van der Waals surface area contributed by atoms with Gasteiger partial charge in [0, 0.05) is 6.42 Å². The van der Waals surface area contributed by atoms with Crippen LogP contribution in [0.2, 0.25) is 0 Å². The summed E-state index contributed by atoms with van der Waals surface area (Å²) < 4.78 is 1.93. The molecule has 0 aromatic carbocycles. The second kappa shape index (κ2) is 4.27. The summed E-state index contributed by atoms with van der Waals surface area (Å²) in [4.78, 5) is 39.8. The minimum Gasteiger partial charge on any atom is -0.295 e. The van der Waals surface area contributed by atoms with E-state index in [1.807, 2.05) is 0 Å². The first kappa shape index (κ1) is 12.0. The quantitative estimate of drug-likeness (QED) is 0.780. The zero-order chi connectivity index (χ0) is 13.6. The second-order valence-electron chi connectivity index (χ2n) is 4.44. The Hall–Kier alpha value is -2.02. The number of hydrogen-bond donors (Lipinski definition) is 1. The number of rotatable bonds is 1. The summed E-state index contributed by atoms with van der Waals surface area (Å²) in [6.45, 7) is 1.70. The molecule has 1 aliphatic rings. The molecule has 1 fully saturated rings. The molecule has 0 saturated carbocycles. The normalized spacial score (nSPS) is 19.7. The highest BCUT2D eigenvalue weighted by Gasteiger charge is 2.30. The number of nitrogens with zero attached hydrogens (tertiary/aromatic N) is 2. The van der Waals surface area contributed by atoms with E-state index in [9.17, 15) is 14.4 Å². The molecule has 0 bridgehead atoms. The Kier molecular flexibility index (Phi) is 2.70. The Morgan fingerprint density at radius 2 is 2.21 bits per heavy atom. The molecule has 1 N–H and O–H groups in total. The number of imide groups is 1. The van der Waals surface area contributed by atoms with Crippen LogP contribution in [0.15, 0.2) is 16.2 Å². The first-order valence-electron chi connectivity index (χ1n) is 5.88. The van der Waals surface area contributed by atoms with Gasteiger partial charge in [0.25, 0.3) is 5.56 Å². The van der Waals surface area contributed by atoms with Crippen molar-refractivity contribution in [1.29, 1.82) is 0 Å². The maximum atomic E-state index is 12.4. The van der Waals surface area contributed by atoms with Crippen LogP contribution in [-0.4, -0.2) is 21.4 Å². The van der Waals surface area contributed by atoms with Crippen LogP contribution >= 0.6 is 11.3 Å². The van der Waals surface area contributed by atoms with Gasteiger partial charge in [-0.25, -0.2) is 4.98 Å². The smallest absolute Gasteiger partial charge is 0.272 e. The summed E-state index contributed by atoms with van der Waals surface area (Å²) in [5.74, 6) is -0.235. The van der Waals surface area contributed by atoms with Crippen LogP contribution in [0.3, 0.4) is 0 Å². The van der Waals surface area contributed by atoms with Crippen molar-refractivity contribution in [2.75, 3.05) is 0 Å². The third-order valence-electron chi connectivity index (χ3n) is 3.21. The molecule has 1 saturated heterocycles. The van der Waals surface area contributed by atoms with Gasteiger partial charge in [-0.2, -0.15) is 0 Å². The van der Waals surface area contributed by atoms with Crippen LogP contribution in [0.1, 0.15) is 24.7 Å². The molecule has 2 aromatic heterocycles. The number of aryl methyl sites for hydroxylation is 1. The van der Waals surface area contributed by atoms with Gasteiger partial charge in [0.2, 0.25) is 11.8 Å². The summed E-state index contributed by atoms with van der Waals surface area (Å²) in [5.41, 5.74) is 0.433. The lowest BCUT2D eigenvalue weighted by atomic mass is 10.1. The van der Waals surface area contributed by atoms with E-state index < -0.39 is 11.9 Å². The fourth-order valence-electron chi connectivity index (χ4n) is 2.33. The minimum atomic E-state index is -0.649. The fraction of sp³-hybridized carbons (Fsp3) is 0.333. The van der Waals surface area contributed by atoms with Gasteiger partial charge in [-0.05, 0) is 24.8 Å². The Bertz CT molecular complexity index is 746. The van der Waals surface area contributed by atoms with E-state index in [2.05, 4.69) is 10.3 Å². The van der Waals surface area contributed by atoms with Crippen molar-refractivity contribution < 1.29 is 9.59 Å². The van der Waals surface area contributed by atoms with Gasteiger partial charge >= 0.3 is 0 Å². The van der Waals surface area contributed by atoms with E-state index in [1.165, 1.54) is 15.9 Å². The summed E-state index contributed by atoms with van der Waals surface area (Å²) in [7, 11) is 0. The standard InChI is InChI=1S/C12H11N3O3S/c1-6-13-7-4-5-19-10(7)12(18)15(6)8-2-3-9(16)14-11(8)17/h4-5,8H,2-3H2,1H3,(H,14,16,17). The van der Waals surface area contributed by atoms with Gasteiger partial charge in [0.15, 0.2) is 0 Å². The molecule has 2 amide bonds. The number of fused-ring (bicyclic) bond motifs is 1. The number of nitrogens with one attached hydrogen (secondary N) is 1. The van der Waals surface area contributed by atoms with Crippen molar-refractivity contribution in [3.05, 3.63) is 27.6 Å². The van der Waals surface area contributed by atoms with Crippen molar-refractivity contribution in [2.45, 2.75) is 25.8 Å². The highest BCUT2D eigenvalue weighted by molar-refractivity contribution is 7.17. The molecule has 0 spiro atoms. The van der Waals surface area contributed by atoms with E-state index in [4.69, 9.17) is 0 Å². The molecule has 3 rings (SSSR count). The fourth-order valence-corrected chi connectivity index (χ4v) is 3.10. The first-order valence-corrected chi connectivity index (χ1v) is 6.76. The molecule has 6 nitrogen and oxygen atoms in total. The average molecular weight is 277 g/mol. The van der Waals surface area contributed by atoms with E-state index in [1.54, 1.807) is 18.4 Å². The zero-order valence-corrected chi connectivity index (χ0v) is 11.0. The van der Waals surface area contributed by atoms with Crippen LogP contribution in [0, 0.1) is 6.92 Å². The molecule has 19 heavy (non-hydrogen) atoms. The number of piperidine rings is 1. The molecule has 1 aliphatic heterocycles. The lowest BCUT2D eigenvalue weighted by molar-refractivity contribution is -0.135. The predicted octanol–water partition coefficient (Wildman–Crippen LogP) is 0.744. The summed E-state index contributed by atoms with van der Waals surface area (Å²) in [5, 5.41) is 4.06. The molecule has 98 valence electrons. The largest absolute Gasteiger partial charge is 0.295 e. The zero-order valence-electron chi connectivity index (χ0n) is 10.2. The lowest BCUT2D eigenvalue weighted by Gasteiger charge is -2.24. The van der Waals surface area contributed by atoms with Crippen molar-refractivity contribution in [3.8, 4) is 0 Å². The van der Waals surface area contributed by atoms with E-state index in [0.717, 1.165) is 0 Å². The first-order chi connectivity index (χ1) is 9.08. The number of carbonyl (C=O) groups excluding carboxylic acids is 2. The topological polar surface area (TPSA) is 81.1 Å². The molecular weight excluding hydrogens is 266 g/mol. The Labute approximate surface area is 112 Å². The van der Waals surface area contributed by atoms with Crippen LogP contribution in [0.4, 0.5) is 0 Å². The third kappa shape index (κ3) is 1.86. The van der Waals surface area contributed by atoms with Gasteiger partial charge in [-0.15, -0.1) is 11.3 Å². The monoisotopic (exact) mass is 277 g/mol. The molecule has 1 atom stereocenters. The number of thiophene rings is 1. The van der Waals surface area contributed by atoms with Crippen LogP contribution < -0.4 is 10.9 Å². The molecule has 0 radical (unpaired) electrons. The Morgan fingerprint density at radius 1 is 1.42 bits per heavy atom. The molecule has 0 aliphatic carbocycles. The van der Waals surface area contributed by atoms with Gasteiger partial charge in [-0.3, -0.25) is 24.3 Å². The Balaban J connectivity index is 2.17. The SMILES string of the molecule is Cc1nc2ccsc2c(=O)n1C1CCC(=O)NC1=O. The van der Waals surface area contributed by atoms with Crippen LogP contribution in [-0.2, 0) is 9.59 Å². The summed E-state index contributed by atoms with van der Waals surface area (Å²) in [6, 6.07) is 1.13. The second-order valence-corrected chi connectivity index (χ2v) is 5.35. The van der Waals surface area contributed by atoms with Crippen LogP contribution in [0.25, 0.3) is 10.2 Å².